The van der Waals surface area contributed by atoms with Gasteiger partial charge in [-0.15, -0.1) is 0 Å². The average molecular weight is 346 g/mol. The van der Waals surface area contributed by atoms with Crippen molar-refractivity contribution >= 4 is 15.9 Å². The van der Waals surface area contributed by atoms with E-state index in [0.29, 0.717) is 19.5 Å². The molecule has 0 saturated carbocycles. The van der Waals surface area contributed by atoms with Crippen LogP contribution >= 0.6 is 0 Å². The molecule has 6 nitrogen and oxygen atoms in total. The van der Waals surface area contributed by atoms with Gasteiger partial charge in [0, 0.05) is 38.6 Å². The maximum Gasteiger partial charge on any atom is 0.222 e. The lowest BCUT2D eigenvalue weighted by Gasteiger charge is -2.39. The van der Waals surface area contributed by atoms with Crippen LogP contribution in [0.5, 0.6) is 0 Å². The molecule has 1 amide bonds. The van der Waals surface area contributed by atoms with E-state index in [4.69, 9.17) is 0 Å². The van der Waals surface area contributed by atoms with Crippen molar-refractivity contribution in [2.75, 3.05) is 45.5 Å². The van der Waals surface area contributed by atoms with Crippen LogP contribution in [0.3, 0.4) is 0 Å². The first-order valence-corrected chi connectivity index (χ1v) is 10.7. The fourth-order valence-corrected chi connectivity index (χ4v) is 4.81. The number of nitrogens with zero attached hydrogens (tertiary/aromatic N) is 3. The number of carbonyl (C=O) groups excluding carboxylic acids is 1. The molecule has 0 radical (unpaired) electrons. The molecule has 2 heterocycles. The molecule has 0 aliphatic carbocycles. The Labute approximate surface area is 140 Å². The van der Waals surface area contributed by atoms with Crippen molar-refractivity contribution in [3.63, 3.8) is 0 Å². The quantitative estimate of drug-likeness (QED) is 0.724. The van der Waals surface area contributed by atoms with Gasteiger partial charge < -0.3 is 9.80 Å². The van der Waals surface area contributed by atoms with Crippen LogP contribution in [0.4, 0.5) is 0 Å². The van der Waals surface area contributed by atoms with Gasteiger partial charge in [-0.1, -0.05) is 13.3 Å². The van der Waals surface area contributed by atoms with Crippen molar-refractivity contribution in [2.24, 2.45) is 0 Å². The Morgan fingerprint density at radius 2 is 1.83 bits per heavy atom. The van der Waals surface area contributed by atoms with Crippen LogP contribution in [0.25, 0.3) is 0 Å². The van der Waals surface area contributed by atoms with Gasteiger partial charge in [-0.3, -0.25) is 4.79 Å². The fourth-order valence-electron chi connectivity index (χ4n) is 3.68. The summed E-state index contributed by atoms with van der Waals surface area (Å²) in [5.41, 5.74) is 0. The Morgan fingerprint density at radius 3 is 2.43 bits per heavy atom. The Hall–Kier alpha value is -0.660. The predicted molar refractivity (Wildman–Crippen MR) is 91.7 cm³/mol. The lowest BCUT2D eigenvalue weighted by atomic mass is 10.1. The maximum atomic E-state index is 12.3. The van der Waals surface area contributed by atoms with E-state index in [2.05, 4.69) is 4.90 Å². The van der Waals surface area contributed by atoms with E-state index in [0.717, 1.165) is 39.0 Å². The summed E-state index contributed by atoms with van der Waals surface area (Å²) in [5, 5.41) is 0. The Morgan fingerprint density at radius 1 is 1.13 bits per heavy atom. The molecule has 7 heteroatoms. The molecule has 23 heavy (non-hydrogen) atoms. The normalized spacial score (nSPS) is 24.1. The van der Waals surface area contributed by atoms with Gasteiger partial charge >= 0.3 is 0 Å². The molecule has 0 spiro atoms. The number of rotatable bonds is 6. The second kappa shape index (κ2) is 8.44. The highest BCUT2D eigenvalue weighted by atomic mass is 32.2. The fraction of sp³-hybridized carbons (Fsp3) is 0.938. The van der Waals surface area contributed by atoms with Gasteiger partial charge in [-0.2, -0.15) is 4.31 Å². The van der Waals surface area contributed by atoms with Gasteiger partial charge in [0.2, 0.25) is 15.9 Å². The maximum absolute atomic E-state index is 12.3. The molecular formula is C16H31N3O3S. The molecule has 2 rings (SSSR count). The van der Waals surface area contributed by atoms with Crippen molar-refractivity contribution in [1.29, 1.82) is 0 Å². The van der Waals surface area contributed by atoms with Crippen LogP contribution in [0.15, 0.2) is 0 Å². The number of carbonyl (C=O) groups is 1. The largest absolute Gasteiger partial charge is 0.341 e. The number of hydrogen-bond acceptors (Lipinski definition) is 4. The van der Waals surface area contributed by atoms with E-state index in [1.54, 1.807) is 4.31 Å². The molecule has 0 aromatic heterocycles. The minimum Gasteiger partial charge on any atom is -0.341 e. The first-order valence-electron chi connectivity index (χ1n) is 8.88. The Kier molecular flexibility index (Phi) is 6.85. The second-order valence-electron chi connectivity index (χ2n) is 6.77. The van der Waals surface area contributed by atoms with Crippen molar-refractivity contribution in [2.45, 2.75) is 51.5 Å². The van der Waals surface area contributed by atoms with Crippen LogP contribution in [0.1, 0.15) is 45.4 Å². The molecule has 2 aliphatic rings. The first-order chi connectivity index (χ1) is 10.9. The van der Waals surface area contributed by atoms with Crippen molar-refractivity contribution < 1.29 is 13.2 Å². The third-order valence-electron chi connectivity index (χ3n) is 4.97. The lowest BCUT2D eigenvalue weighted by Crippen LogP contribution is -2.53. The van der Waals surface area contributed by atoms with Gasteiger partial charge in [0.05, 0.1) is 6.26 Å². The van der Waals surface area contributed by atoms with E-state index in [1.165, 1.54) is 25.5 Å². The highest BCUT2D eigenvalue weighted by Gasteiger charge is 2.32. The minimum atomic E-state index is -3.25. The number of amides is 1. The van der Waals surface area contributed by atoms with E-state index in [9.17, 15) is 13.2 Å². The third kappa shape index (κ3) is 5.43. The molecule has 1 atom stereocenters. The van der Waals surface area contributed by atoms with Gasteiger partial charge in [0.1, 0.15) is 0 Å². The summed E-state index contributed by atoms with van der Waals surface area (Å²) in [5.74, 6) is 0.124. The van der Waals surface area contributed by atoms with Crippen molar-refractivity contribution in [3.8, 4) is 0 Å². The van der Waals surface area contributed by atoms with E-state index in [1.807, 2.05) is 11.8 Å². The molecule has 1 unspecified atom stereocenters. The second-order valence-corrected chi connectivity index (χ2v) is 8.70. The molecule has 0 aromatic carbocycles. The topological polar surface area (TPSA) is 60.9 Å². The zero-order valence-electron chi connectivity index (χ0n) is 14.5. The Balaban J connectivity index is 1.98. The summed E-state index contributed by atoms with van der Waals surface area (Å²) in [6, 6.07) is -0.0703. The van der Waals surface area contributed by atoms with Gasteiger partial charge in [-0.05, 0) is 38.8 Å². The molecule has 2 fully saturated rings. The summed E-state index contributed by atoms with van der Waals surface area (Å²) < 4.78 is 26.1. The van der Waals surface area contributed by atoms with Crippen LogP contribution < -0.4 is 0 Å². The minimum absolute atomic E-state index is 0.0703. The zero-order chi connectivity index (χ0) is 16.9. The van der Waals surface area contributed by atoms with Crippen LogP contribution in [0, 0.1) is 0 Å². The molecule has 0 bridgehead atoms. The highest BCUT2D eigenvalue weighted by molar-refractivity contribution is 7.88. The lowest BCUT2D eigenvalue weighted by molar-refractivity contribution is -0.132. The molecule has 2 saturated heterocycles. The van der Waals surface area contributed by atoms with Crippen LogP contribution in [-0.4, -0.2) is 80.0 Å². The van der Waals surface area contributed by atoms with E-state index < -0.39 is 10.0 Å². The standard InChI is InChI=1S/C16H31N3O3S/c1-3-16(20)18-11-7-8-15(14-18)19(23(2,21)22)13-12-17-9-5-4-6-10-17/h15H,3-14H2,1-2H3. The molecule has 0 aromatic rings. The number of sulfonamides is 1. The molecule has 0 N–H and O–H groups in total. The zero-order valence-corrected chi connectivity index (χ0v) is 15.4. The summed E-state index contributed by atoms with van der Waals surface area (Å²) in [6.07, 6.45) is 7.21. The van der Waals surface area contributed by atoms with Crippen LogP contribution in [-0.2, 0) is 14.8 Å². The van der Waals surface area contributed by atoms with Crippen molar-refractivity contribution in [3.05, 3.63) is 0 Å². The smallest absolute Gasteiger partial charge is 0.222 e. The Bertz CT molecular complexity index is 489. The summed E-state index contributed by atoms with van der Waals surface area (Å²) >= 11 is 0. The van der Waals surface area contributed by atoms with E-state index in [-0.39, 0.29) is 11.9 Å². The van der Waals surface area contributed by atoms with Crippen molar-refractivity contribution in [1.82, 2.24) is 14.1 Å². The molecule has 134 valence electrons. The monoisotopic (exact) mass is 345 g/mol. The summed E-state index contributed by atoms with van der Waals surface area (Å²) in [6.45, 7) is 6.64. The average Bonchev–Trinajstić information content (AvgIpc) is 2.54. The SMILES string of the molecule is CCC(=O)N1CCCC(N(CCN2CCCCC2)S(C)(=O)=O)C1. The van der Waals surface area contributed by atoms with Gasteiger partial charge in [0.15, 0.2) is 0 Å². The number of piperidine rings is 2. The molecule has 2 aliphatic heterocycles. The third-order valence-corrected chi connectivity index (χ3v) is 6.30. The highest BCUT2D eigenvalue weighted by Crippen LogP contribution is 2.19. The summed E-state index contributed by atoms with van der Waals surface area (Å²) in [7, 11) is -3.25. The summed E-state index contributed by atoms with van der Waals surface area (Å²) in [4.78, 5) is 16.1. The van der Waals surface area contributed by atoms with Crippen LogP contribution in [0.2, 0.25) is 0 Å². The number of likely N-dealkylation sites (tertiary alicyclic amines) is 2. The number of hydrogen-bond donors (Lipinski definition) is 0. The van der Waals surface area contributed by atoms with Gasteiger partial charge in [0.25, 0.3) is 0 Å². The van der Waals surface area contributed by atoms with Gasteiger partial charge in [-0.25, -0.2) is 8.42 Å². The first kappa shape index (κ1) is 18.7. The van der Waals surface area contributed by atoms with E-state index >= 15 is 0 Å². The predicted octanol–water partition coefficient (Wildman–Crippen LogP) is 1.13. The molecular weight excluding hydrogens is 314 g/mol.